The predicted molar refractivity (Wildman–Crippen MR) is 99.1 cm³/mol. The third-order valence-corrected chi connectivity index (χ3v) is 3.48. The normalized spacial score (nSPS) is 9.92. The first-order valence-corrected chi connectivity index (χ1v) is 8.07. The van der Waals surface area contributed by atoms with Crippen LogP contribution in [0.2, 0.25) is 0 Å². The van der Waals surface area contributed by atoms with Crippen LogP contribution >= 0.6 is 0 Å². The van der Waals surface area contributed by atoms with Crippen LogP contribution in [0.4, 0.5) is 11.4 Å². The van der Waals surface area contributed by atoms with Gasteiger partial charge in [-0.15, -0.1) is 0 Å². The summed E-state index contributed by atoms with van der Waals surface area (Å²) in [5, 5.41) is 7.68. The van der Waals surface area contributed by atoms with Gasteiger partial charge in [-0.3, -0.25) is 14.4 Å². The van der Waals surface area contributed by atoms with Gasteiger partial charge < -0.3 is 20.7 Å². The van der Waals surface area contributed by atoms with Crippen molar-refractivity contribution in [2.45, 2.75) is 13.3 Å². The number of hydrogen-bond acceptors (Lipinski definition) is 4. The SMILES string of the molecule is COc1cccc(CCNC(=O)C(=O)Nc2cccc(NC(C)=O)c2)c1. The van der Waals surface area contributed by atoms with Crippen LogP contribution in [0.3, 0.4) is 0 Å². The van der Waals surface area contributed by atoms with Crippen LogP contribution in [0.15, 0.2) is 48.5 Å². The van der Waals surface area contributed by atoms with Gasteiger partial charge in [0.25, 0.3) is 0 Å². The van der Waals surface area contributed by atoms with E-state index in [-0.39, 0.29) is 5.91 Å². The molecule has 7 heteroatoms. The maximum absolute atomic E-state index is 12.0. The Hall–Kier alpha value is -3.35. The highest BCUT2D eigenvalue weighted by molar-refractivity contribution is 6.39. The second-order valence-corrected chi connectivity index (χ2v) is 5.57. The van der Waals surface area contributed by atoms with E-state index in [1.807, 2.05) is 24.3 Å². The van der Waals surface area contributed by atoms with Crippen molar-refractivity contribution in [3.05, 3.63) is 54.1 Å². The van der Waals surface area contributed by atoms with Gasteiger partial charge >= 0.3 is 11.8 Å². The molecule has 2 rings (SSSR count). The summed E-state index contributed by atoms with van der Waals surface area (Å²) in [5.74, 6) is -0.970. The Morgan fingerprint density at radius 2 is 1.62 bits per heavy atom. The predicted octanol–water partition coefficient (Wildman–Crippen LogP) is 1.95. The Labute approximate surface area is 151 Å². The second-order valence-electron chi connectivity index (χ2n) is 5.57. The lowest BCUT2D eigenvalue weighted by Gasteiger charge is -2.09. The van der Waals surface area contributed by atoms with Crippen LogP contribution in [-0.2, 0) is 20.8 Å². The molecule has 0 aliphatic carbocycles. The summed E-state index contributed by atoms with van der Waals surface area (Å²) in [6, 6.07) is 14.1. The first-order chi connectivity index (χ1) is 12.5. The van der Waals surface area contributed by atoms with Gasteiger partial charge in [0.2, 0.25) is 5.91 Å². The fourth-order valence-corrected chi connectivity index (χ4v) is 2.29. The largest absolute Gasteiger partial charge is 0.497 e. The third-order valence-electron chi connectivity index (χ3n) is 3.48. The van der Waals surface area contributed by atoms with Gasteiger partial charge in [0.05, 0.1) is 7.11 Å². The monoisotopic (exact) mass is 355 g/mol. The maximum Gasteiger partial charge on any atom is 0.313 e. The molecule has 7 nitrogen and oxygen atoms in total. The van der Waals surface area contributed by atoms with Crippen molar-refractivity contribution in [1.82, 2.24) is 5.32 Å². The molecule has 3 N–H and O–H groups in total. The molecule has 0 atom stereocenters. The lowest BCUT2D eigenvalue weighted by Crippen LogP contribution is -2.36. The lowest BCUT2D eigenvalue weighted by molar-refractivity contribution is -0.136. The Morgan fingerprint density at radius 3 is 2.31 bits per heavy atom. The Balaban J connectivity index is 1.83. The maximum atomic E-state index is 12.0. The molecule has 0 spiro atoms. The molecule has 0 fully saturated rings. The van der Waals surface area contributed by atoms with Gasteiger partial charge in [0.1, 0.15) is 5.75 Å². The number of anilines is 2. The molecule has 0 radical (unpaired) electrons. The Bertz CT molecular complexity index is 805. The van der Waals surface area contributed by atoms with Gasteiger partial charge in [0.15, 0.2) is 0 Å². The summed E-state index contributed by atoms with van der Waals surface area (Å²) in [6.07, 6.45) is 0.578. The first-order valence-electron chi connectivity index (χ1n) is 8.07. The average molecular weight is 355 g/mol. The molecule has 0 saturated heterocycles. The molecule has 0 saturated carbocycles. The van der Waals surface area contributed by atoms with Crippen LogP contribution in [0, 0.1) is 0 Å². The number of ether oxygens (including phenoxy) is 1. The van der Waals surface area contributed by atoms with E-state index in [9.17, 15) is 14.4 Å². The quantitative estimate of drug-likeness (QED) is 0.690. The van der Waals surface area contributed by atoms with Gasteiger partial charge in [-0.05, 0) is 42.3 Å². The van der Waals surface area contributed by atoms with Crippen molar-refractivity contribution in [3.63, 3.8) is 0 Å². The number of hydrogen-bond donors (Lipinski definition) is 3. The Morgan fingerprint density at radius 1 is 0.923 bits per heavy atom. The summed E-state index contributed by atoms with van der Waals surface area (Å²) < 4.78 is 5.14. The van der Waals surface area contributed by atoms with E-state index < -0.39 is 11.8 Å². The summed E-state index contributed by atoms with van der Waals surface area (Å²) >= 11 is 0. The summed E-state index contributed by atoms with van der Waals surface area (Å²) in [5.41, 5.74) is 1.95. The van der Waals surface area contributed by atoms with E-state index in [1.165, 1.54) is 6.92 Å². The van der Waals surface area contributed by atoms with E-state index >= 15 is 0 Å². The first kappa shape index (κ1) is 19.0. The van der Waals surface area contributed by atoms with Crippen LogP contribution in [0.25, 0.3) is 0 Å². The topological polar surface area (TPSA) is 96.5 Å². The highest BCUT2D eigenvalue weighted by Crippen LogP contribution is 2.15. The fraction of sp³-hybridized carbons (Fsp3) is 0.211. The highest BCUT2D eigenvalue weighted by Gasteiger charge is 2.13. The second kappa shape index (κ2) is 9.22. The highest BCUT2D eigenvalue weighted by atomic mass is 16.5. The molecule has 0 aliphatic heterocycles. The fourth-order valence-electron chi connectivity index (χ4n) is 2.29. The van der Waals surface area contributed by atoms with Crippen LogP contribution < -0.4 is 20.7 Å². The summed E-state index contributed by atoms with van der Waals surface area (Å²) in [6.45, 7) is 1.71. The van der Waals surface area contributed by atoms with E-state index in [4.69, 9.17) is 4.74 Å². The van der Waals surface area contributed by atoms with E-state index in [0.29, 0.717) is 24.3 Å². The summed E-state index contributed by atoms with van der Waals surface area (Å²) in [7, 11) is 1.59. The molecule has 136 valence electrons. The minimum absolute atomic E-state index is 0.219. The van der Waals surface area contributed by atoms with E-state index in [2.05, 4.69) is 16.0 Å². The third kappa shape index (κ3) is 5.94. The Kier molecular flexibility index (Phi) is 6.73. The molecular formula is C19H21N3O4. The van der Waals surface area contributed by atoms with Crippen molar-refractivity contribution in [2.75, 3.05) is 24.3 Å². The van der Waals surface area contributed by atoms with E-state index in [1.54, 1.807) is 31.4 Å². The molecule has 2 aromatic carbocycles. The average Bonchev–Trinajstić information content (AvgIpc) is 2.61. The van der Waals surface area contributed by atoms with Crippen LogP contribution in [0.5, 0.6) is 5.75 Å². The standard InChI is InChI=1S/C19H21N3O4/c1-13(23)21-15-6-4-7-16(12-15)22-19(25)18(24)20-10-9-14-5-3-8-17(11-14)26-2/h3-8,11-12H,9-10H2,1-2H3,(H,20,24)(H,21,23)(H,22,25). The zero-order valence-corrected chi connectivity index (χ0v) is 14.7. The molecule has 3 amide bonds. The molecule has 0 aromatic heterocycles. The summed E-state index contributed by atoms with van der Waals surface area (Å²) in [4.78, 5) is 34.9. The van der Waals surface area contributed by atoms with Crippen molar-refractivity contribution in [2.24, 2.45) is 0 Å². The van der Waals surface area contributed by atoms with Crippen molar-refractivity contribution in [3.8, 4) is 5.75 Å². The number of carbonyl (C=O) groups excluding carboxylic acids is 3. The molecule has 26 heavy (non-hydrogen) atoms. The van der Waals surface area contributed by atoms with Gasteiger partial charge in [-0.1, -0.05) is 18.2 Å². The smallest absolute Gasteiger partial charge is 0.313 e. The zero-order valence-electron chi connectivity index (χ0n) is 14.7. The van der Waals surface area contributed by atoms with Crippen LogP contribution in [-0.4, -0.2) is 31.4 Å². The minimum atomic E-state index is -0.768. The number of nitrogens with one attached hydrogen (secondary N) is 3. The molecule has 0 heterocycles. The van der Waals surface area contributed by atoms with Crippen LogP contribution in [0.1, 0.15) is 12.5 Å². The van der Waals surface area contributed by atoms with Crippen molar-refractivity contribution >= 4 is 29.1 Å². The zero-order chi connectivity index (χ0) is 18.9. The molecule has 0 bridgehead atoms. The number of amides is 3. The van der Waals surface area contributed by atoms with Crippen molar-refractivity contribution in [1.29, 1.82) is 0 Å². The van der Waals surface area contributed by atoms with Crippen molar-refractivity contribution < 1.29 is 19.1 Å². The molecule has 0 aliphatic rings. The molecule has 2 aromatic rings. The number of benzene rings is 2. The number of methoxy groups -OCH3 is 1. The molecule has 0 unspecified atom stereocenters. The van der Waals surface area contributed by atoms with Gasteiger partial charge in [0, 0.05) is 24.8 Å². The van der Waals surface area contributed by atoms with E-state index in [0.717, 1.165) is 11.3 Å². The minimum Gasteiger partial charge on any atom is -0.497 e. The number of carbonyl (C=O) groups is 3. The molecular weight excluding hydrogens is 334 g/mol. The van der Waals surface area contributed by atoms with Gasteiger partial charge in [-0.25, -0.2) is 0 Å². The van der Waals surface area contributed by atoms with Gasteiger partial charge in [-0.2, -0.15) is 0 Å². The number of rotatable bonds is 6. The lowest BCUT2D eigenvalue weighted by atomic mass is 10.1.